The van der Waals surface area contributed by atoms with Crippen LogP contribution in [0.1, 0.15) is 23.5 Å². The number of likely N-dealkylation sites (N-methyl/N-ethyl adjacent to an activating group) is 1. The van der Waals surface area contributed by atoms with Crippen molar-refractivity contribution in [2.45, 2.75) is 25.9 Å². The first-order chi connectivity index (χ1) is 9.49. The standard InChI is InChI=1S/C15H25N3OS/c1-12-10-17(15(19)14-6-5-9-20-14)11-13(2)18(12)8-7-16(3)4/h5-6,9,12-13H,7-8,10-11H2,1-4H3. The lowest BCUT2D eigenvalue weighted by Gasteiger charge is -2.44. The van der Waals surface area contributed by atoms with E-state index in [0.717, 1.165) is 31.1 Å². The largest absolute Gasteiger partial charge is 0.335 e. The van der Waals surface area contributed by atoms with Gasteiger partial charge in [0.25, 0.3) is 5.91 Å². The lowest BCUT2D eigenvalue weighted by Crippen LogP contribution is -2.58. The van der Waals surface area contributed by atoms with Gasteiger partial charge in [-0.2, -0.15) is 0 Å². The van der Waals surface area contributed by atoms with Gasteiger partial charge in [-0.05, 0) is 39.4 Å². The monoisotopic (exact) mass is 295 g/mol. The average molecular weight is 295 g/mol. The van der Waals surface area contributed by atoms with Crippen molar-refractivity contribution in [3.63, 3.8) is 0 Å². The van der Waals surface area contributed by atoms with E-state index in [-0.39, 0.29) is 5.91 Å². The molecular formula is C15H25N3OS. The summed E-state index contributed by atoms with van der Waals surface area (Å²) in [4.78, 5) is 20.0. The highest BCUT2D eigenvalue weighted by Crippen LogP contribution is 2.19. The molecule has 2 unspecified atom stereocenters. The quantitative estimate of drug-likeness (QED) is 0.848. The molecule has 1 amide bonds. The summed E-state index contributed by atoms with van der Waals surface area (Å²) < 4.78 is 0. The zero-order chi connectivity index (χ0) is 14.7. The van der Waals surface area contributed by atoms with Crippen LogP contribution in [0.3, 0.4) is 0 Å². The van der Waals surface area contributed by atoms with Crippen molar-refractivity contribution in [1.82, 2.24) is 14.7 Å². The fourth-order valence-electron chi connectivity index (χ4n) is 2.83. The third kappa shape index (κ3) is 3.59. The molecule has 1 fully saturated rings. The molecule has 0 spiro atoms. The number of carbonyl (C=O) groups is 1. The first kappa shape index (κ1) is 15.5. The van der Waals surface area contributed by atoms with E-state index < -0.39 is 0 Å². The summed E-state index contributed by atoms with van der Waals surface area (Å²) in [6, 6.07) is 4.70. The van der Waals surface area contributed by atoms with Gasteiger partial charge in [-0.1, -0.05) is 6.07 Å². The molecule has 5 heteroatoms. The van der Waals surface area contributed by atoms with Gasteiger partial charge in [0.05, 0.1) is 4.88 Å². The first-order valence-corrected chi connectivity index (χ1v) is 8.10. The van der Waals surface area contributed by atoms with E-state index in [1.807, 2.05) is 22.4 Å². The Balaban J connectivity index is 1.97. The molecule has 20 heavy (non-hydrogen) atoms. The van der Waals surface area contributed by atoms with Crippen LogP contribution in [0.5, 0.6) is 0 Å². The number of thiophene rings is 1. The Kier molecular flexibility index (Phi) is 5.18. The Labute approximate surface area is 126 Å². The topological polar surface area (TPSA) is 26.8 Å². The fourth-order valence-corrected chi connectivity index (χ4v) is 3.53. The molecule has 0 saturated carbocycles. The predicted molar refractivity (Wildman–Crippen MR) is 84.4 cm³/mol. The average Bonchev–Trinajstić information content (AvgIpc) is 2.90. The number of carbonyl (C=O) groups excluding carboxylic acids is 1. The van der Waals surface area contributed by atoms with Crippen molar-refractivity contribution in [3.05, 3.63) is 22.4 Å². The highest BCUT2D eigenvalue weighted by Gasteiger charge is 2.32. The second kappa shape index (κ2) is 6.70. The summed E-state index contributed by atoms with van der Waals surface area (Å²) >= 11 is 1.53. The van der Waals surface area contributed by atoms with E-state index in [1.165, 1.54) is 11.3 Å². The number of amides is 1. The van der Waals surface area contributed by atoms with Crippen molar-refractivity contribution in [3.8, 4) is 0 Å². The Hall–Kier alpha value is -0.910. The molecule has 0 N–H and O–H groups in total. The SMILES string of the molecule is CC1CN(C(=O)c2cccs2)CC(C)N1CCN(C)C. The van der Waals surface area contributed by atoms with Crippen LogP contribution in [0.4, 0.5) is 0 Å². The molecule has 112 valence electrons. The summed E-state index contributed by atoms with van der Waals surface area (Å²) in [6.45, 7) is 8.23. The number of piperazine rings is 1. The van der Waals surface area contributed by atoms with E-state index in [9.17, 15) is 4.79 Å². The number of hydrogen-bond donors (Lipinski definition) is 0. The minimum absolute atomic E-state index is 0.186. The molecule has 2 heterocycles. The van der Waals surface area contributed by atoms with Crippen molar-refractivity contribution in [2.24, 2.45) is 0 Å². The zero-order valence-corrected chi connectivity index (χ0v) is 13.7. The van der Waals surface area contributed by atoms with E-state index in [2.05, 4.69) is 37.7 Å². The minimum atomic E-state index is 0.186. The molecule has 0 radical (unpaired) electrons. The van der Waals surface area contributed by atoms with Crippen LogP contribution in [0, 0.1) is 0 Å². The third-order valence-corrected chi connectivity index (χ3v) is 4.78. The van der Waals surface area contributed by atoms with Gasteiger partial charge < -0.3 is 9.80 Å². The second-order valence-electron chi connectivity index (χ2n) is 5.93. The molecule has 0 bridgehead atoms. The van der Waals surface area contributed by atoms with Gasteiger partial charge in [0.15, 0.2) is 0 Å². The van der Waals surface area contributed by atoms with Gasteiger partial charge >= 0.3 is 0 Å². The summed E-state index contributed by atoms with van der Waals surface area (Å²) in [5, 5.41) is 1.97. The Morgan fingerprint density at radius 1 is 1.35 bits per heavy atom. The van der Waals surface area contributed by atoms with Gasteiger partial charge in [0, 0.05) is 38.3 Å². The third-order valence-electron chi connectivity index (χ3n) is 3.93. The molecule has 1 saturated heterocycles. The van der Waals surface area contributed by atoms with Crippen LogP contribution in [0.2, 0.25) is 0 Å². The van der Waals surface area contributed by atoms with Crippen molar-refractivity contribution >= 4 is 17.2 Å². The molecular weight excluding hydrogens is 270 g/mol. The lowest BCUT2D eigenvalue weighted by molar-refractivity contribution is 0.0286. The zero-order valence-electron chi connectivity index (χ0n) is 12.9. The van der Waals surface area contributed by atoms with Crippen LogP contribution in [-0.4, -0.2) is 73.0 Å². The molecule has 1 aromatic heterocycles. The number of hydrogen-bond acceptors (Lipinski definition) is 4. The summed E-state index contributed by atoms with van der Waals surface area (Å²) in [6.07, 6.45) is 0. The molecule has 4 nitrogen and oxygen atoms in total. The second-order valence-corrected chi connectivity index (χ2v) is 6.87. The fraction of sp³-hybridized carbons (Fsp3) is 0.667. The first-order valence-electron chi connectivity index (χ1n) is 7.22. The Morgan fingerprint density at radius 2 is 2.00 bits per heavy atom. The van der Waals surface area contributed by atoms with Gasteiger partial charge in [0.1, 0.15) is 0 Å². The van der Waals surface area contributed by atoms with Crippen LogP contribution >= 0.6 is 11.3 Å². The summed E-state index contributed by atoms with van der Waals surface area (Å²) in [7, 11) is 4.21. The highest BCUT2D eigenvalue weighted by atomic mass is 32.1. The molecule has 0 aliphatic carbocycles. The lowest BCUT2D eigenvalue weighted by atomic mass is 10.1. The van der Waals surface area contributed by atoms with Crippen molar-refractivity contribution in [1.29, 1.82) is 0 Å². The maximum absolute atomic E-state index is 12.4. The van der Waals surface area contributed by atoms with E-state index in [0.29, 0.717) is 12.1 Å². The molecule has 1 aliphatic rings. The van der Waals surface area contributed by atoms with Gasteiger partial charge in [0.2, 0.25) is 0 Å². The van der Waals surface area contributed by atoms with Gasteiger partial charge in [-0.25, -0.2) is 0 Å². The summed E-state index contributed by atoms with van der Waals surface area (Å²) in [5.74, 6) is 0.186. The van der Waals surface area contributed by atoms with E-state index >= 15 is 0 Å². The molecule has 1 aromatic rings. The highest BCUT2D eigenvalue weighted by molar-refractivity contribution is 7.12. The molecule has 2 rings (SSSR count). The van der Waals surface area contributed by atoms with Crippen molar-refractivity contribution in [2.75, 3.05) is 40.3 Å². The Bertz CT molecular complexity index is 420. The number of nitrogens with zero attached hydrogens (tertiary/aromatic N) is 3. The normalized spacial score (nSPS) is 24.4. The summed E-state index contributed by atoms with van der Waals surface area (Å²) in [5.41, 5.74) is 0. The van der Waals surface area contributed by atoms with Gasteiger partial charge in [-0.15, -0.1) is 11.3 Å². The molecule has 2 atom stereocenters. The number of rotatable bonds is 4. The van der Waals surface area contributed by atoms with Crippen LogP contribution < -0.4 is 0 Å². The molecule has 1 aliphatic heterocycles. The van der Waals surface area contributed by atoms with Crippen LogP contribution in [0.25, 0.3) is 0 Å². The van der Waals surface area contributed by atoms with Crippen LogP contribution in [-0.2, 0) is 0 Å². The van der Waals surface area contributed by atoms with Gasteiger partial charge in [-0.3, -0.25) is 9.69 Å². The van der Waals surface area contributed by atoms with Crippen molar-refractivity contribution < 1.29 is 4.79 Å². The minimum Gasteiger partial charge on any atom is -0.335 e. The smallest absolute Gasteiger partial charge is 0.264 e. The van der Waals surface area contributed by atoms with Crippen LogP contribution in [0.15, 0.2) is 17.5 Å². The van der Waals surface area contributed by atoms with E-state index in [1.54, 1.807) is 0 Å². The molecule has 0 aromatic carbocycles. The predicted octanol–water partition coefficient (Wildman–Crippen LogP) is 1.84. The van der Waals surface area contributed by atoms with E-state index in [4.69, 9.17) is 0 Å². The Morgan fingerprint density at radius 3 is 2.50 bits per heavy atom. The maximum atomic E-state index is 12.4. The maximum Gasteiger partial charge on any atom is 0.264 e.